The zero-order chi connectivity index (χ0) is 16.4. The summed E-state index contributed by atoms with van der Waals surface area (Å²) in [6.45, 7) is 0.415. The van der Waals surface area contributed by atoms with E-state index in [0.29, 0.717) is 24.9 Å². The van der Waals surface area contributed by atoms with Crippen molar-refractivity contribution in [2.75, 3.05) is 6.54 Å². The number of nitrogens with one attached hydrogen (secondary N) is 1. The second-order valence-corrected chi connectivity index (χ2v) is 6.15. The van der Waals surface area contributed by atoms with Gasteiger partial charge in [0.1, 0.15) is 12.1 Å². The van der Waals surface area contributed by atoms with E-state index in [2.05, 4.69) is 5.32 Å². The second kappa shape index (κ2) is 6.40. The molecule has 1 aliphatic heterocycles. The molecule has 2 atom stereocenters. The fourth-order valence-electron chi connectivity index (χ4n) is 2.99. The van der Waals surface area contributed by atoms with E-state index in [-0.39, 0.29) is 17.7 Å². The molecule has 6 nitrogen and oxygen atoms in total. The molecule has 6 heteroatoms. The Labute approximate surface area is 134 Å². The van der Waals surface area contributed by atoms with Crippen LogP contribution in [0.1, 0.15) is 37.3 Å². The third kappa shape index (κ3) is 3.36. The van der Waals surface area contributed by atoms with Gasteiger partial charge >= 0.3 is 5.97 Å². The Morgan fingerprint density at radius 2 is 1.83 bits per heavy atom. The van der Waals surface area contributed by atoms with Gasteiger partial charge in [-0.25, -0.2) is 4.79 Å². The lowest BCUT2D eigenvalue weighted by molar-refractivity contribution is -0.149. The first-order chi connectivity index (χ1) is 11.1. The second-order valence-electron chi connectivity index (χ2n) is 6.15. The minimum Gasteiger partial charge on any atom is -0.480 e. The van der Waals surface area contributed by atoms with Crippen LogP contribution in [0.25, 0.3) is 0 Å². The summed E-state index contributed by atoms with van der Waals surface area (Å²) in [5.74, 6) is -1.47. The number of carboxylic acid groups (broad SMARTS) is 1. The van der Waals surface area contributed by atoms with Crippen molar-refractivity contribution in [2.45, 2.75) is 37.8 Å². The van der Waals surface area contributed by atoms with Gasteiger partial charge in [-0.3, -0.25) is 9.59 Å². The van der Waals surface area contributed by atoms with E-state index in [4.69, 9.17) is 0 Å². The number of nitrogens with zero attached hydrogens (tertiary/aromatic N) is 1. The number of carbonyl (C=O) groups is 3. The lowest BCUT2D eigenvalue weighted by Crippen LogP contribution is -2.47. The van der Waals surface area contributed by atoms with Gasteiger partial charge in [0.2, 0.25) is 5.91 Å². The highest BCUT2D eigenvalue weighted by molar-refractivity contribution is 5.92. The number of carbonyl (C=O) groups excluding carboxylic acids is 2. The van der Waals surface area contributed by atoms with Crippen LogP contribution in [0.5, 0.6) is 0 Å². The maximum Gasteiger partial charge on any atom is 0.326 e. The zero-order valence-electron chi connectivity index (χ0n) is 12.8. The van der Waals surface area contributed by atoms with Crippen molar-refractivity contribution in [1.29, 1.82) is 0 Å². The molecule has 0 bridgehead atoms. The van der Waals surface area contributed by atoms with Crippen molar-refractivity contribution in [2.24, 2.45) is 5.92 Å². The molecule has 2 amide bonds. The molecule has 0 radical (unpaired) electrons. The van der Waals surface area contributed by atoms with E-state index in [1.54, 1.807) is 24.3 Å². The Hall–Kier alpha value is -2.37. The van der Waals surface area contributed by atoms with Gasteiger partial charge in [0, 0.05) is 12.5 Å². The number of rotatable bonds is 5. The highest BCUT2D eigenvalue weighted by atomic mass is 16.4. The van der Waals surface area contributed by atoms with Crippen LogP contribution >= 0.6 is 0 Å². The Kier molecular flexibility index (Phi) is 4.32. The molecule has 0 aromatic heterocycles. The molecule has 2 N–H and O–H groups in total. The Balaban J connectivity index is 1.83. The molecule has 23 heavy (non-hydrogen) atoms. The van der Waals surface area contributed by atoms with Crippen LogP contribution in [0.3, 0.4) is 0 Å². The van der Waals surface area contributed by atoms with Crippen molar-refractivity contribution in [3.05, 3.63) is 35.9 Å². The summed E-state index contributed by atoms with van der Waals surface area (Å²) >= 11 is 0. The predicted octanol–water partition coefficient (Wildman–Crippen LogP) is 1.33. The van der Waals surface area contributed by atoms with E-state index in [1.807, 2.05) is 6.07 Å². The third-order valence-corrected chi connectivity index (χ3v) is 4.44. The fraction of sp³-hybridized carbons (Fsp3) is 0.471. The predicted molar refractivity (Wildman–Crippen MR) is 82.4 cm³/mol. The summed E-state index contributed by atoms with van der Waals surface area (Å²) in [5, 5.41) is 12.1. The molecule has 122 valence electrons. The molecule has 1 saturated carbocycles. The number of hydrogen-bond donors (Lipinski definition) is 2. The van der Waals surface area contributed by atoms with Crippen molar-refractivity contribution in [1.82, 2.24) is 10.2 Å². The zero-order valence-corrected chi connectivity index (χ0v) is 12.8. The Morgan fingerprint density at radius 1 is 1.13 bits per heavy atom. The number of aliphatic carboxylic acids is 1. The fourth-order valence-corrected chi connectivity index (χ4v) is 2.99. The van der Waals surface area contributed by atoms with E-state index in [9.17, 15) is 19.5 Å². The topological polar surface area (TPSA) is 86.7 Å². The van der Waals surface area contributed by atoms with Crippen LogP contribution in [-0.2, 0) is 14.4 Å². The average Bonchev–Trinajstić information content (AvgIpc) is 3.29. The number of carboxylic acids is 1. The Morgan fingerprint density at radius 3 is 2.43 bits per heavy atom. The lowest BCUT2D eigenvalue weighted by Gasteiger charge is -2.27. The lowest BCUT2D eigenvalue weighted by atomic mass is 10.0. The molecule has 1 aliphatic carbocycles. The van der Waals surface area contributed by atoms with Crippen LogP contribution in [0, 0.1) is 5.92 Å². The summed E-state index contributed by atoms with van der Waals surface area (Å²) < 4.78 is 0. The van der Waals surface area contributed by atoms with Crippen molar-refractivity contribution >= 4 is 17.8 Å². The summed E-state index contributed by atoms with van der Waals surface area (Å²) in [6.07, 6.45) is 2.83. The first-order valence-electron chi connectivity index (χ1n) is 7.96. The number of benzene rings is 1. The molecule has 1 aromatic carbocycles. The SMILES string of the molecule is O=C(NC(C(=O)N1CCCC1C(=O)O)c1ccccc1)C1CC1. The quantitative estimate of drug-likeness (QED) is 0.858. The summed E-state index contributed by atoms with van der Waals surface area (Å²) in [4.78, 5) is 37.7. The van der Waals surface area contributed by atoms with Gasteiger partial charge in [-0.15, -0.1) is 0 Å². The molecule has 2 aliphatic rings. The van der Waals surface area contributed by atoms with Crippen LogP contribution in [-0.4, -0.2) is 40.4 Å². The molecule has 0 spiro atoms. The van der Waals surface area contributed by atoms with Crippen LogP contribution in [0.15, 0.2) is 30.3 Å². The maximum absolute atomic E-state index is 12.9. The maximum atomic E-state index is 12.9. The monoisotopic (exact) mass is 316 g/mol. The van der Waals surface area contributed by atoms with Crippen LogP contribution in [0.4, 0.5) is 0 Å². The smallest absolute Gasteiger partial charge is 0.326 e. The first-order valence-corrected chi connectivity index (χ1v) is 7.96. The van der Waals surface area contributed by atoms with Gasteiger partial charge in [-0.05, 0) is 31.2 Å². The molecule has 1 heterocycles. The van der Waals surface area contributed by atoms with Crippen molar-refractivity contribution in [3.8, 4) is 0 Å². The molecular formula is C17H20N2O4. The van der Waals surface area contributed by atoms with E-state index < -0.39 is 18.1 Å². The molecule has 2 unspecified atom stereocenters. The van der Waals surface area contributed by atoms with Gasteiger partial charge in [-0.1, -0.05) is 30.3 Å². The van der Waals surface area contributed by atoms with Crippen LogP contribution < -0.4 is 5.32 Å². The van der Waals surface area contributed by atoms with Gasteiger partial charge in [0.05, 0.1) is 0 Å². The number of amides is 2. The Bertz CT molecular complexity index is 612. The highest BCUT2D eigenvalue weighted by Gasteiger charge is 2.39. The highest BCUT2D eigenvalue weighted by Crippen LogP contribution is 2.31. The number of likely N-dealkylation sites (tertiary alicyclic amines) is 1. The van der Waals surface area contributed by atoms with Crippen molar-refractivity contribution in [3.63, 3.8) is 0 Å². The summed E-state index contributed by atoms with van der Waals surface area (Å²) in [5.41, 5.74) is 0.683. The molecule has 2 fully saturated rings. The van der Waals surface area contributed by atoms with Gasteiger partial charge in [0.15, 0.2) is 0 Å². The molecule has 1 saturated heterocycles. The van der Waals surface area contributed by atoms with Gasteiger partial charge in [0.25, 0.3) is 5.91 Å². The van der Waals surface area contributed by atoms with E-state index in [0.717, 1.165) is 12.8 Å². The number of hydrogen-bond acceptors (Lipinski definition) is 3. The average molecular weight is 316 g/mol. The molecule has 1 aromatic rings. The largest absolute Gasteiger partial charge is 0.480 e. The summed E-state index contributed by atoms with van der Waals surface area (Å²) in [6, 6.07) is 7.39. The van der Waals surface area contributed by atoms with Gasteiger partial charge < -0.3 is 15.3 Å². The van der Waals surface area contributed by atoms with Gasteiger partial charge in [-0.2, -0.15) is 0 Å². The molecule has 3 rings (SSSR count). The minimum atomic E-state index is -0.990. The summed E-state index contributed by atoms with van der Waals surface area (Å²) in [7, 11) is 0. The normalized spacial score (nSPS) is 21.7. The first kappa shape index (κ1) is 15.5. The standard InChI is InChI=1S/C17H20N2O4/c20-15(12-8-9-12)18-14(11-5-2-1-3-6-11)16(21)19-10-4-7-13(19)17(22)23/h1-3,5-6,12-14H,4,7-10H2,(H,18,20)(H,22,23). The van der Waals surface area contributed by atoms with Crippen molar-refractivity contribution < 1.29 is 19.5 Å². The van der Waals surface area contributed by atoms with E-state index >= 15 is 0 Å². The van der Waals surface area contributed by atoms with E-state index in [1.165, 1.54) is 4.90 Å². The van der Waals surface area contributed by atoms with Crippen LogP contribution in [0.2, 0.25) is 0 Å². The molecular weight excluding hydrogens is 296 g/mol. The minimum absolute atomic E-state index is 0.0112. The third-order valence-electron chi connectivity index (χ3n) is 4.44.